The van der Waals surface area contributed by atoms with Crippen LogP contribution in [0, 0.1) is 11.8 Å². The van der Waals surface area contributed by atoms with Gasteiger partial charge in [-0.25, -0.2) is 14.5 Å². The molecule has 3 aromatic rings. The third kappa shape index (κ3) is 5.93. The van der Waals surface area contributed by atoms with E-state index in [1.54, 1.807) is 39.5 Å². The number of carbonyl (C=O) groups excluding carboxylic acids is 2. The number of aromatic nitrogens is 3. The molecule has 0 unspecified atom stereocenters. The summed E-state index contributed by atoms with van der Waals surface area (Å²) in [5.74, 6) is 0.523. The number of thiazole rings is 1. The molecule has 4 rings (SSSR count). The normalized spacial score (nSPS) is 18.0. The van der Waals surface area contributed by atoms with Crippen LogP contribution in [0.15, 0.2) is 41.4 Å². The molecule has 1 amide bonds. The maximum Gasteiger partial charge on any atom is 0.343 e. The number of hydrogen-bond acceptors (Lipinski definition) is 6. The number of carbonyl (C=O) groups is 2. The van der Waals surface area contributed by atoms with Crippen LogP contribution in [0.2, 0.25) is 0 Å². The number of anilines is 1. The van der Waals surface area contributed by atoms with E-state index in [1.807, 2.05) is 55.6 Å². The van der Waals surface area contributed by atoms with Gasteiger partial charge in [-0.1, -0.05) is 25.1 Å². The van der Waals surface area contributed by atoms with Crippen molar-refractivity contribution in [3.05, 3.63) is 58.2 Å². The average Bonchev–Trinajstić information content (AvgIpc) is 3.54. The highest BCUT2D eigenvalue weighted by atomic mass is 32.1. The van der Waals surface area contributed by atoms with E-state index in [-0.39, 0.29) is 24.5 Å². The Kier molecular flexibility index (Phi) is 8.36. The van der Waals surface area contributed by atoms with Crippen molar-refractivity contribution < 1.29 is 14.3 Å². The Hall–Kier alpha value is -3.26. The van der Waals surface area contributed by atoms with Crippen molar-refractivity contribution in [2.45, 2.75) is 59.4 Å². The van der Waals surface area contributed by atoms with E-state index in [0.717, 1.165) is 42.6 Å². The van der Waals surface area contributed by atoms with Gasteiger partial charge >= 0.3 is 5.97 Å². The molecule has 190 valence electrons. The van der Waals surface area contributed by atoms with Crippen LogP contribution >= 0.6 is 11.3 Å². The molecule has 0 atom stereocenters. The summed E-state index contributed by atoms with van der Waals surface area (Å²) in [6, 6.07) is 7.70. The van der Waals surface area contributed by atoms with E-state index in [4.69, 9.17) is 9.84 Å². The number of nitrogens with zero attached hydrogens (tertiary/aromatic N) is 4. The summed E-state index contributed by atoms with van der Waals surface area (Å²) in [5.41, 5.74) is 4.84. The Morgan fingerprint density at radius 1 is 1.17 bits per heavy atom. The highest BCUT2D eigenvalue weighted by Crippen LogP contribution is 2.33. The minimum Gasteiger partial charge on any atom is -0.462 e. The zero-order valence-corrected chi connectivity index (χ0v) is 22.2. The first kappa shape index (κ1) is 25.8. The Balaban J connectivity index is 1.65. The van der Waals surface area contributed by atoms with E-state index in [0.29, 0.717) is 17.3 Å². The number of hydrogen-bond donors (Lipinski definition) is 0. The van der Waals surface area contributed by atoms with Gasteiger partial charge in [-0.3, -0.25) is 9.69 Å². The molecule has 2 aromatic heterocycles. The summed E-state index contributed by atoms with van der Waals surface area (Å²) in [7, 11) is 0. The van der Waals surface area contributed by atoms with E-state index < -0.39 is 5.97 Å². The summed E-state index contributed by atoms with van der Waals surface area (Å²) in [4.78, 5) is 32.5. The van der Waals surface area contributed by atoms with Crippen molar-refractivity contribution in [1.82, 2.24) is 14.8 Å². The molecule has 1 aliphatic rings. The lowest BCUT2D eigenvalue weighted by Crippen LogP contribution is -2.43. The van der Waals surface area contributed by atoms with Gasteiger partial charge in [0.15, 0.2) is 5.82 Å². The first-order chi connectivity index (χ1) is 17.4. The molecule has 0 aliphatic heterocycles. The predicted octanol–water partition coefficient (Wildman–Crippen LogP) is 6.24. The van der Waals surface area contributed by atoms with Crippen LogP contribution in [0.1, 0.15) is 75.0 Å². The van der Waals surface area contributed by atoms with Crippen LogP contribution in [-0.2, 0) is 9.53 Å². The van der Waals surface area contributed by atoms with Gasteiger partial charge in [0.2, 0.25) is 5.91 Å². The second-order valence-electron chi connectivity index (χ2n) is 9.63. The second-order valence-corrected chi connectivity index (χ2v) is 10.3. The number of ether oxygens (including phenoxy) is 1. The topological polar surface area (TPSA) is 77.3 Å². The Labute approximate surface area is 216 Å². The van der Waals surface area contributed by atoms with Gasteiger partial charge < -0.3 is 4.74 Å². The van der Waals surface area contributed by atoms with Gasteiger partial charge in [0.25, 0.3) is 0 Å². The summed E-state index contributed by atoms with van der Waals surface area (Å²) in [5, 5.41) is 6.74. The molecule has 2 heterocycles. The van der Waals surface area contributed by atoms with Crippen LogP contribution in [0.5, 0.6) is 0 Å². The molecule has 1 aromatic carbocycles. The molecule has 0 radical (unpaired) electrons. The molecule has 1 saturated carbocycles. The van der Waals surface area contributed by atoms with Gasteiger partial charge in [0.1, 0.15) is 5.56 Å². The maximum atomic E-state index is 13.7. The minimum absolute atomic E-state index is 0.0372. The van der Waals surface area contributed by atoms with E-state index in [1.165, 1.54) is 0 Å². The Morgan fingerprint density at radius 2 is 1.89 bits per heavy atom. The third-order valence-corrected chi connectivity index (χ3v) is 7.20. The third-order valence-electron chi connectivity index (χ3n) is 6.59. The van der Waals surface area contributed by atoms with Crippen LogP contribution in [0.25, 0.3) is 17.8 Å². The summed E-state index contributed by atoms with van der Waals surface area (Å²) in [6.07, 6.45) is 9.47. The van der Waals surface area contributed by atoms with E-state index in [2.05, 4.69) is 11.9 Å². The molecule has 1 fully saturated rings. The molecule has 0 spiro atoms. The van der Waals surface area contributed by atoms with Gasteiger partial charge in [0, 0.05) is 23.5 Å². The number of rotatable bonds is 8. The van der Waals surface area contributed by atoms with Crippen molar-refractivity contribution in [2.24, 2.45) is 11.8 Å². The Bertz CT molecular complexity index is 1190. The van der Waals surface area contributed by atoms with Crippen molar-refractivity contribution >= 4 is 41.2 Å². The molecule has 8 heteroatoms. The Morgan fingerprint density at radius 3 is 2.50 bits per heavy atom. The summed E-state index contributed by atoms with van der Waals surface area (Å²) < 4.78 is 6.98. The van der Waals surface area contributed by atoms with Gasteiger partial charge in [0.05, 0.1) is 23.5 Å². The highest BCUT2D eigenvalue weighted by Gasteiger charge is 2.34. The molecule has 36 heavy (non-hydrogen) atoms. The smallest absolute Gasteiger partial charge is 0.343 e. The molecule has 0 bridgehead atoms. The quantitative estimate of drug-likeness (QED) is 0.338. The highest BCUT2D eigenvalue weighted by molar-refractivity contribution is 7.07. The first-order valence-electron chi connectivity index (χ1n) is 12.6. The lowest BCUT2D eigenvalue weighted by molar-refractivity contribution is -0.124. The summed E-state index contributed by atoms with van der Waals surface area (Å²) >= 11 is 1.56. The number of esters is 1. The van der Waals surface area contributed by atoms with Gasteiger partial charge in [-0.2, -0.15) is 0 Å². The van der Waals surface area contributed by atoms with E-state index in [9.17, 15) is 9.59 Å². The van der Waals surface area contributed by atoms with Crippen LogP contribution in [-0.4, -0.2) is 39.3 Å². The van der Waals surface area contributed by atoms with Crippen molar-refractivity contribution in [3.8, 4) is 5.69 Å². The fraction of sp³-hybridized carbons (Fsp3) is 0.429. The van der Waals surface area contributed by atoms with Gasteiger partial charge in [-0.15, -0.1) is 16.4 Å². The zero-order chi connectivity index (χ0) is 25.7. The van der Waals surface area contributed by atoms with Gasteiger partial charge in [-0.05, 0) is 76.1 Å². The fourth-order valence-electron chi connectivity index (χ4n) is 4.56. The van der Waals surface area contributed by atoms with Crippen molar-refractivity contribution in [1.29, 1.82) is 0 Å². The molecular formula is C28H34N4O3S. The van der Waals surface area contributed by atoms with Crippen LogP contribution in [0.3, 0.4) is 0 Å². The number of amides is 1. The molecule has 0 saturated heterocycles. The largest absolute Gasteiger partial charge is 0.462 e. The lowest BCUT2D eigenvalue weighted by atomic mass is 9.82. The molecule has 1 aliphatic carbocycles. The SMILES string of the molecule is CCOC(=O)c1cn(-c2ccc(/C=C/c3cscn3)cc2)nc1N(C(=O)C1CCC(C)CC1)C(C)C. The minimum atomic E-state index is -0.475. The first-order valence-corrected chi connectivity index (χ1v) is 13.6. The monoisotopic (exact) mass is 506 g/mol. The van der Waals surface area contributed by atoms with Crippen molar-refractivity contribution in [2.75, 3.05) is 11.5 Å². The average molecular weight is 507 g/mol. The predicted molar refractivity (Wildman–Crippen MR) is 144 cm³/mol. The molecular weight excluding hydrogens is 472 g/mol. The van der Waals surface area contributed by atoms with E-state index >= 15 is 0 Å². The summed E-state index contributed by atoms with van der Waals surface area (Å²) in [6.45, 7) is 8.18. The maximum absolute atomic E-state index is 13.7. The lowest BCUT2D eigenvalue weighted by Gasteiger charge is -2.32. The molecule has 7 nitrogen and oxygen atoms in total. The van der Waals surface area contributed by atoms with Crippen LogP contribution < -0.4 is 4.90 Å². The second kappa shape index (κ2) is 11.6. The standard InChI is InChI=1S/C28H34N4O3S/c1-5-35-28(34)25-16-31(24-14-9-21(10-15-24)8-13-23-17-36-18-29-23)30-26(25)32(19(2)3)27(33)22-11-6-20(4)7-12-22/h8-10,13-20,22H,5-7,11-12H2,1-4H3/b13-8+. The fourth-order valence-corrected chi connectivity index (χ4v) is 5.08. The molecule has 0 N–H and O–H groups in total. The van der Waals surface area contributed by atoms with Crippen molar-refractivity contribution in [3.63, 3.8) is 0 Å². The zero-order valence-electron chi connectivity index (χ0n) is 21.4. The van der Waals surface area contributed by atoms with Crippen LogP contribution in [0.4, 0.5) is 5.82 Å². The number of benzene rings is 1.